The van der Waals surface area contributed by atoms with Gasteiger partial charge in [-0.3, -0.25) is 9.97 Å². The van der Waals surface area contributed by atoms with E-state index in [0.717, 1.165) is 35.8 Å². The summed E-state index contributed by atoms with van der Waals surface area (Å²) in [6.45, 7) is 8.05. The van der Waals surface area contributed by atoms with Gasteiger partial charge < -0.3 is 10.1 Å². The van der Waals surface area contributed by atoms with Crippen molar-refractivity contribution in [2.24, 2.45) is 5.92 Å². The Morgan fingerprint density at radius 1 is 1.20 bits per heavy atom. The third kappa shape index (κ3) is 4.31. The summed E-state index contributed by atoms with van der Waals surface area (Å²) in [6.07, 6.45) is 5.31. The molecule has 0 amide bonds. The molecule has 4 nitrogen and oxygen atoms in total. The van der Waals surface area contributed by atoms with Crippen molar-refractivity contribution in [3.05, 3.63) is 48.0 Å². The lowest BCUT2D eigenvalue weighted by atomic mass is 10.2. The summed E-state index contributed by atoms with van der Waals surface area (Å²) in [4.78, 5) is 8.40. The quantitative estimate of drug-likeness (QED) is 0.875. The van der Waals surface area contributed by atoms with E-state index in [9.17, 15) is 0 Å². The summed E-state index contributed by atoms with van der Waals surface area (Å²) < 4.78 is 5.88. The second kappa shape index (κ2) is 7.01. The highest BCUT2D eigenvalue weighted by Gasteiger charge is 2.05. The summed E-state index contributed by atoms with van der Waals surface area (Å²) in [6, 6.07) is 5.74. The molecule has 0 unspecified atom stereocenters. The van der Waals surface area contributed by atoms with Crippen molar-refractivity contribution in [2.45, 2.75) is 27.3 Å². The Hall–Kier alpha value is -1.94. The molecular weight excluding hydrogens is 250 g/mol. The van der Waals surface area contributed by atoms with Crippen LogP contribution in [0.4, 0.5) is 0 Å². The van der Waals surface area contributed by atoms with Crippen LogP contribution in [0.3, 0.4) is 0 Å². The van der Waals surface area contributed by atoms with E-state index in [-0.39, 0.29) is 0 Å². The largest absolute Gasteiger partial charge is 0.455 e. The van der Waals surface area contributed by atoms with E-state index in [0.29, 0.717) is 5.92 Å². The van der Waals surface area contributed by atoms with Crippen molar-refractivity contribution in [3.8, 4) is 11.5 Å². The Labute approximate surface area is 120 Å². The number of ether oxygens (including phenoxy) is 1. The third-order valence-electron chi connectivity index (χ3n) is 2.84. The number of pyridine rings is 2. The SMILES string of the molecule is Cc1ccc(Oc2ccncc2CNCC(C)C)cn1. The fraction of sp³-hybridized carbons (Fsp3) is 0.375. The first-order valence-electron chi connectivity index (χ1n) is 6.89. The number of rotatable bonds is 6. The van der Waals surface area contributed by atoms with Gasteiger partial charge in [0, 0.05) is 30.2 Å². The van der Waals surface area contributed by atoms with Crippen molar-refractivity contribution < 1.29 is 4.74 Å². The minimum Gasteiger partial charge on any atom is -0.455 e. The molecular formula is C16H21N3O. The average molecular weight is 271 g/mol. The summed E-state index contributed by atoms with van der Waals surface area (Å²) in [5.41, 5.74) is 2.03. The van der Waals surface area contributed by atoms with Gasteiger partial charge in [-0.15, -0.1) is 0 Å². The molecule has 0 fully saturated rings. The topological polar surface area (TPSA) is 47.0 Å². The number of aromatic nitrogens is 2. The molecule has 2 aromatic rings. The van der Waals surface area contributed by atoms with E-state index in [1.165, 1.54) is 0 Å². The molecule has 106 valence electrons. The number of aryl methyl sites for hydroxylation is 1. The molecule has 0 aliphatic carbocycles. The van der Waals surface area contributed by atoms with Crippen LogP contribution in [0.25, 0.3) is 0 Å². The third-order valence-corrected chi connectivity index (χ3v) is 2.84. The number of nitrogens with zero attached hydrogens (tertiary/aromatic N) is 2. The molecule has 2 rings (SSSR count). The van der Waals surface area contributed by atoms with Crippen LogP contribution in [0.5, 0.6) is 11.5 Å². The predicted molar refractivity (Wildman–Crippen MR) is 79.8 cm³/mol. The van der Waals surface area contributed by atoms with Crippen LogP contribution in [-0.4, -0.2) is 16.5 Å². The van der Waals surface area contributed by atoms with Crippen LogP contribution in [0.2, 0.25) is 0 Å². The number of hydrogen-bond donors (Lipinski definition) is 1. The van der Waals surface area contributed by atoms with Crippen molar-refractivity contribution >= 4 is 0 Å². The zero-order chi connectivity index (χ0) is 14.4. The highest BCUT2D eigenvalue weighted by atomic mass is 16.5. The molecule has 0 saturated heterocycles. The minimum absolute atomic E-state index is 0.623. The lowest BCUT2D eigenvalue weighted by molar-refractivity contribution is 0.465. The first-order chi connectivity index (χ1) is 9.65. The van der Waals surface area contributed by atoms with Crippen LogP contribution in [0, 0.1) is 12.8 Å². The van der Waals surface area contributed by atoms with Crippen molar-refractivity contribution in [3.63, 3.8) is 0 Å². The Morgan fingerprint density at radius 3 is 2.75 bits per heavy atom. The van der Waals surface area contributed by atoms with Crippen LogP contribution in [0.1, 0.15) is 25.1 Å². The Kier molecular flexibility index (Phi) is 5.07. The molecule has 4 heteroatoms. The molecule has 0 aromatic carbocycles. The molecule has 0 bridgehead atoms. The van der Waals surface area contributed by atoms with Gasteiger partial charge in [0.2, 0.25) is 0 Å². The highest BCUT2D eigenvalue weighted by Crippen LogP contribution is 2.23. The molecule has 2 aromatic heterocycles. The summed E-state index contributed by atoms with van der Waals surface area (Å²) >= 11 is 0. The Balaban J connectivity index is 2.05. The molecule has 0 aliphatic rings. The number of hydrogen-bond acceptors (Lipinski definition) is 4. The summed E-state index contributed by atoms with van der Waals surface area (Å²) in [5, 5.41) is 3.40. The highest BCUT2D eigenvalue weighted by molar-refractivity contribution is 5.35. The van der Waals surface area contributed by atoms with Gasteiger partial charge in [0.05, 0.1) is 6.20 Å². The fourth-order valence-electron chi connectivity index (χ4n) is 1.78. The maximum Gasteiger partial charge on any atom is 0.145 e. The molecule has 0 saturated carbocycles. The van der Waals surface area contributed by atoms with Gasteiger partial charge in [0.25, 0.3) is 0 Å². The van der Waals surface area contributed by atoms with E-state index in [4.69, 9.17) is 4.74 Å². The van der Waals surface area contributed by atoms with E-state index >= 15 is 0 Å². The monoisotopic (exact) mass is 271 g/mol. The number of nitrogens with one attached hydrogen (secondary N) is 1. The molecule has 1 N–H and O–H groups in total. The molecule has 0 spiro atoms. The van der Waals surface area contributed by atoms with Gasteiger partial charge in [-0.1, -0.05) is 13.8 Å². The Morgan fingerprint density at radius 2 is 2.05 bits per heavy atom. The van der Waals surface area contributed by atoms with E-state index in [1.54, 1.807) is 12.4 Å². The lowest BCUT2D eigenvalue weighted by Gasteiger charge is -2.12. The summed E-state index contributed by atoms with van der Waals surface area (Å²) in [7, 11) is 0. The van der Waals surface area contributed by atoms with E-state index in [2.05, 4.69) is 29.1 Å². The van der Waals surface area contributed by atoms with Crippen molar-refractivity contribution in [1.82, 2.24) is 15.3 Å². The second-order valence-electron chi connectivity index (χ2n) is 5.25. The molecule has 0 radical (unpaired) electrons. The molecule has 2 heterocycles. The van der Waals surface area contributed by atoms with Crippen LogP contribution >= 0.6 is 0 Å². The predicted octanol–water partition coefficient (Wildman–Crippen LogP) is 3.32. The minimum atomic E-state index is 0.623. The summed E-state index contributed by atoms with van der Waals surface area (Å²) in [5.74, 6) is 2.19. The zero-order valence-corrected chi connectivity index (χ0v) is 12.3. The molecule has 20 heavy (non-hydrogen) atoms. The van der Waals surface area contributed by atoms with E-state index in [1.807, 2.05) is 31.3 Å². The van der Waals surface area contributed by atoms with Crippen LogP contribution in [0.15, 0.2) is 36.8 Å². The van der Waals surface area contributed by atoms with Gasteiger partial charge in [-0.05, 0) is 37.6 Å². The lowest BCUT2D eigenvalue weighted by Crippen LogP contribution is -2.19. The van der Waals surface area contributed by atoms with Gasteiger partial charge in [0.15, 0.2) is 0 Å². The fourth-order valence-corrected chi connectivity index (χ4v) is 1.78. The average Bonchev–Trinajstić information content (AvgIpc) is 2.43. The van der Waals surface area contributed by atoms with Crippen LogP contribution in [-0.2, 0) is 6.54 Å². The smallest absolute Gasteiger partial charge is 0.145 e. The molecule has 0 atom stereocenters. The first-order valence-corrected chi connectivity index (χ1v) is 6.89. The standard InChI is InChI=1S/C16H21N3O/c1-12(2)8-18-10-14-9-17-7-6-16(14)20-15-5-4-13(3)19-11-15/h4-7,9,11-12,18H,8,10H2,1-3H3. The Bertz CT molecular complexity index is 538. The first kappa shape index (κ1) is 14.5. The van der Waals surface area contributed by atoms with E-state index < -0.39 is 0 Å². The maximum atomic E-state index is 5.88. The zero-order valence-electron chi connectivity index (χ0n) is 12.3. The normalized spacial score (nSPS) is 10.8. The van der Waals surface area contributed by atoms with Crippen LogP contribution < -0.4 is 10.1 Å². The maximum absolute atomic E-state index is 5.88. The second-order valence-corrected chi connectivity index (χ2v) is 5.25. The van der Waals surface area contributed by atoms with Crippen molar-refractivity contribution in [2.75, 3.05) is 6.54 Å². The molecule has 0 aliphatic heterocycles. The van der Waals surface area contributed by atoms with Gasteiger partial charge in [-0.2, -0.15) is 0 Å². The van der Waals surface area contributed by atoms with Gasteiger partial charge >= 0.3 is 0 Å². The van der Waals surface area contributed by atoms with Gasteiger partial charge in [-0.25, -0.2) is 0 Å². The van der Waals surface area contributed by atoms with Gasteiger partial charge in [0.1, 0.15) is 11.5 Å². The van der Waals surface area contributed by atoms with Crippen molar-refractivity contribution in [1.29, 1.82) is 0 Å².